The molecule has 0 bridgehead atoms. The van der Waals surface area contributed by atoms with Crippen LogP contribution in [0.5, 0.6) is 5.75 Å². The Kier molecular flexibility index (Phi) is 5.08. The minimum absolute atomic E-state index is 0.0217. The number of likely N-dealkylation sites (tertiary alicyclic amines) is 1. The maximum Gasteiger partial charge on any atom is 0.289 e. The van der Waals surface area contributed by atoms with Gasteiger partial charge in [-0.1, -0.05) is 23.9 Å². The van der Waals surface area contributed by atoms with Crippen LogP contribution in [0.3, 0.4) is 0 Å². The van der Waals surface area contributed by atoms with Crippen molar-refractivity contribution in [2.45, 2.75) is 25.8 Å². The summed E-state index contributed by atoms with van der Waals surface area (Å²) < 4.78 is 5.39. The Balaban J connectivity index is 1.56. The van der Waals surface area contributed by atoms with Gasteiger partial charge in [0.05, 0.1) is 24.8 Å². The largest absolute Gasteiger partial charge is 0.494 e. The number of rotatable bonds is 5. The quantitative estimate of drug-likeness (QED) is 0.813. The van der Waals surface area contributed by atoms with E-state index in [2.05, 4.69) is 0 Å². The van der Waals surface area contributed by atoms with E-state index in [-0.39, 0.29) is 28.8 Å². The topological polar surface area (TPSA) is 66.9 Å². The first-order valence-corrected chi connectivity index (χ1v) is 9.05. The van der Waals surface area contributed by atoms with Gasteiger partial charge < -0.3 is 9.64 Å². The first-order chi connectivity index (χ1) is 11.6. The zero-order valence-corrected chi connectivity index (χ0v) is 14.4. The Bertz CT molecular complexity index is 630. The van der Waals surface area contributed by atoms with Crippen LogP contribution in [0.15, 0.2) is 24.3 Å². The molecule has 0 aromatic heterocycles. The average Bonchev–Trinajstić information content (AvgIpc) is 3.16. The number of imide groups is 1. The van der Waals surface area contributed by atoms with Crippen LogP contribution in [-0.4, -0.2) is 58.3 Å². The molecule has 0 unspecified atom stereocenters. The predicted molar refractivity (Wildman–Crippen MR) is 91.0 cm³/mol. The van der Waals surface area contributed by atoms with Gasteiger partial charge in [-0.25, -0.2) is 0 Å². The molecule has 2 aliphatic heterocycles. The fourth-order valence-corrected chi connectivity index (χ4v) is 3.83. The zero-order valence-electron chi connectivity index (χ0n) is 13.6. The minimum Gasteiger partial charge on any atom is -0.494 e. The molecule has 6 nitrogen and oxygen atoms in total. The number of hydrogen-bond donors (Lipinski definition) is 0. The number of hydrogen-bond acceptors (Lipinski definition) is 5. The summed E-state index contributed by atoms with van der Waals surface area (Å²) in [7, 11) is 0. The summed E-state index contributed by atoms with van der Waals surface area (Å²) in [6.45, 7) is 3.56. The maximum atomic E-state index is 12.4. The standard InChI is InChI=1S/C17H20N2O4S/c1-2-23-14-5-3-12(4-6-14)9-15(20)18-8-7-13(10-18)19-16(21)11-24-17(19)22/h3-6,13H,2,7-11H2,1H3/t13-/m1/s1. The van der Waals surface area contributed by atoms with Crippen LogP contribution in [0, 0.1) is 0 Å². The van der Waals surface area contributed by atoms with E-state index < -0.39 is 0 Å². The van der Waals surface area contributed by atoms with E-state index in [4.69, 9.17) is 4.74 Å². The smallest absolute Gasteiger partial charge is 0.289 e. The molecule has 2 fully saturated rings. The molecule has 2 heterocycles. The molecular weight excluding hydrogens is 328 g/mol. The van der Waals surface area contributed by atoms with Crippen LogP contribution in [0.2, 0.25) is 0 Å². The summed E-state index contributed by atoms with van der Waals surface area (Å²) >= 11 is 1.04. The number of carbonyl (C=O) groups excluding carboxylic acids is 3. The summed E-state index contributed by atoms with van der Waals surface area (Å²) in [4.78, 5) is 39.1. The van der Waals surface area contributed by atoms with E-state index in [1.54, 1.807) is 4.90 Å². The highest BCUT2D eigenvalue weighted by molar-refractivity contribution is 8.14. The number of benzene rings is 1. The number of nitrogens with zero attached hydrogens (tertiary/aromatic N) is 2. The molecule has 7 heteroatoms. The Labute approximate surface area is 145 Å². The van der Waals surface area contributed by atoms with Crippen molar-refractivity contribution in [1.29, 1.82) is 0 Å². The van der Waals surface area contributed by atoms with Gasteiger partial charge in [0, 0.05) is 13.1 Å². The summed E-state index contributed by atoms with van der Waals surface area (Å²) in [5.41, 5.74) is 0.927. The maximum absolute atomic E-state index is 12.4. The number of thioether (sulfide) groups is 1. The number of carbonyl (C=O) groups is 3. The number of ether oxygens (including phenoxy) is 1. The molecule has 2 aliphatic rings. The van der Waals surface area contributed by atoms with Crippen LogP contribution in [0.4, 0.5) is 4.79 Å². The third kappa shape index (κ3) is 3.56. The van der Waals surface area contributed by atoms with E-state index >= 15 is 0 Å². The molecule has 24 heavy (non-hydrogen) atoms. The Morgan fingerprint density at radius 3 is 2.67 bits per heavy atom. The highest BCUT2D eigenvalue weighted by Crippen LogP contribution is 2.26. The lowest BCUT2D eigenvalue weighted by atomic mass is 10.1. The average molecular weight is 348 g/mol. The minimum atomic E-state index is -0.189. The molecule has 0 N–H and O–H groups in total. The molecule has 1 atom stereocenters. The third-order valence-electron chi connectivity index (χ3n) is 4.26. The van der Waals surface area contributed by atoms with Gasteiger partial charge in [-0.2, -0.15) is 0 Å². The highest BCUT2D eigenvalue weighted by atomic mass is 32.2. The monoisotopic (exact) mass is 348 g/mol. The molecule has 0 saturated carbocycles. The van der Waals surface area contributed by atoms with Gasteiger partial charge in [-0.15, -0.1) is 0 Å². The van der Waals surface area contributed by atoms with Gasteiger partial charge >= 0.3 is 0 Å². The predicted octanol–water partition coefficient (Wildman–Crippen LogP) is 1.92. The summed E-state index contributed by atoms with van der Waals surface area (Å²) in [6, 6.07) is 7.32. The van der Waals surface area contributed by atoms with E-state index in [9.17, 15) is 14.4 Å². The van der Waals surface area contributed by atoms with Crippen molar-refractivity contribution in [3.8, 4) is 5.75 Å². The molecule has 1 aromatic carbocycles. The Morgan fingerprint density at radius 1 is 1.29 bits per heavy atom. The first kappa shape index (κ1) is 16.8. The van der Waals surface area contributed by atoms with E-state index in [1.165, 1.54) is 4.90 Å². The second-order valence-electron chi connectivity index (χ2n) is 5.85. The van der Waals surface area contributed by atoms with Crippen LogP contribution in [-0.2, 0) is 16.0 Å². The Hall–Kier alpha value is -2.02. The highest BCUT2D eigenvalue weighted by Gasteiger charge is 2.40. The molecular formula is C17H20N2O4S. The van der Waals surface area contributed by atoms with Crippen LogP contribution in [0.25, 0.3) is 0 Å². The SMILES string of the molecule is CCOc1ccc(CC(=O)N2CC[C@@H](N3C(=O)CSC3=O)C2)cc1. The molecule has 2 saturated heterocycles. The van der Waals surface area contributed by atoms with Crippen molar-refractivity contribution in [1.82, 2.24) is 9.80 Å². The molecule has 0 aliphatic carbocycles. The van der Waals surface area contributed by atoms with Crippen LogP contribution >= 0.6 is 11.8 Å². The fraction of sp³-hybridized carbons (Fsp3) is 0.471. The molecule has 1 aromatic rings. The van der Waals surface area contributed by atoms with Gasteiger partial charge in [-0.3, -0.25) is 19.3 Å². The Morgan fingerprint density at radius 2 is 2.04 bits per heavy atom. The lowest BCUT2D eigenvalue weighted by Gasteiger charge is -2.22. The first-order valence-electron chi connectivity index (χ1n) is 8.07. The normalized spacial score (nSPS) is 20.8. The lowest BCUT2D eigenvalue weighted by Crippen LogP contribution is -2.41. The van der Waals surface area contributed by atoms with Crippen molar-refractivity contribution in [2.75, 3.05) is 25.4 Å². The molecule has 3 rings (SSSR count). The fourth-order valence-electron chi connectivity index (χ4n) is 3.05. The van der Waals surface area contributed by atoms with Gasteiger partial charge in [0.25, 0.3) is 5.24 Å². The van der Waals surface area contributed by atoms with Gasteiger partial charge in [0.15, 0.2) is 0 Å². The zero-order chi connectivity index (χ0) is 17.1. The van der Waals surface area contributed by atoms with Crippen molar-refractivity contribution in [2.24, 2.45) is 0 Å². The van der Waals surface area contributed by atoms with Gasteiger partial charge in [-0.05, 0) is 31.0 Å². The summed E-state index contributed by atoms with van der Waals surface area (Å²) in [6.07, 6.45) is 0.975. The number of amides is 3. The second-order valence-corrected chi connectivity index (χ2v) is 6.78. The lowest BCUT2D eigenvalue weighted by molar-refractivity contribution is -0.131. The van der Waals surface area contributed by atoms with E-state index in [0.717, 1.165) is 23.1 Å². The van der Waals surface area contributed by atoms with Gasteiger partial charge in [0.1, 0.15) is 5.75 Å². The van der Waals surface area contributed by atoms with Crippen LogP contribution < -0.4 is 4.74 Å². The molecule has 0 spiro atoms. The van der Waals surface area contributed by atoms with Crippen molar-refractivity contribution < 1.29 is 19.1 Å². The van der Waals surface area contributed by atoms with E-state index in [1.807, 2.05) is 31.2 Å². The third-order valence-corrected chi connectivity index (χ3v) is 5.09. The van der Waals surface area contributed by atoms with E-state index in [0.29, 0.717) is 32.5 Å². The molecule has 128 valence electrons. The molecule has 3 amide bonds. The van der Waals surface area contributed by atoms with Crippen molar-refractivity contribution in [3.63, 3.8) is 0 Å². The molecule has 0 radical (unpaired) electrons. The van der Waals surface area contributed by atoms with Gasteiger partial charge in [0.2, 0.25) is 11.8 Å². The summed E-state index contributed by atoms with van der Waals surface area (Å²) in [5, 5.41) is -0.189. The van der Waals surface area contributed by atoms with Crippen LogP contribution in [0.1, 0.15) is 18.9 Å². The van der Waals surface area contributed by atoms with Crippen molar-refractivity contribution in [3.05, 3.63) is 29.8 Å². The second kappa shape index (κ2) is 7.25. The van der Waals surface area contributed by atoms with Crippen molar-refractivity contribution >= 4 is 28.8 Å². The summed E-state index contributed by atoms with van der Waals surface area (Å²) in [5.74, 6) is 0.887.